The third kappa shape index (κ3) is 4.60. The van der Waals surface area contributed by atoms with Crippen LogP contribution in [-0.4, -0.2) is 19.7 Å². The van der Waals surface area contributed by atoms with E-state index >= 15 is 0 Å². The number of alkyl halides is 3. The molecule has 1 atom stereocenters. The van der Waals surface area contributed by atoms with E-state index < -0.39 is 17.5 Å². The highest BCUT2D eigenvalue weighted by atomic mass is 19.4. The monoisotopic (exact) mass is 702 g/mol. The van der Waals surface area contributed by atoms with Crippen LogP contribution in [0.1, 0.15) is 69.8 Å². The van der Waals surface area contributed by atoms with E-state index in [-0.39, 0.29) is 0 Å². The van der Waals surface area contributed by atoms with Crippen molar-refractivity contribution in [2.24, 2.45) is 7.05 Å². The number of unbranched alkanes of at least 4 members (excludes halogenated alkanes) is 1. The highest BCUT2D eigenvalue weighted by Gasteiger charge is 2.63. The van der Waals surface area contributed by atoms with Gasteiger partial charge in [0.05, 0.1) is 29.5 Å². The molecule has 262 valence electrons. The van der Waals surface area contributed by atoms with E-state index in [0.717, 1.165) is 81.3 Å². The number of hydrogen-bond donors (Lipinski definition) is 0. The Morgan fingerprint density at radius 1 is 0.923 bits per heavy atom. The number of fused-ring (bicyclic) bond motifs is 9. The molecule has 7 aromatic rings. The molecule has 0 bridgehead atoms. The number of halogens is 3. The van der Waals surface area contributed by atoms with Gasteiger partial charge in [0.25, 0.3) is 5.69 Å². The molecule has 2 aromatic carbocycles. The molecular weight excluding hydrogens is 663 g/mol. The summed E-state index contributed by atoms with van der Waals surface area (Å²) in [5.74, 6) is -0.504. The van der Waals surface area contributed by atoms with Crippen molar-refractivity contribution in [3.05, 3.63) is 102 Å². The van der Waals surface area contributed by atoms with E-state index in [1.807, 2.05) is 37.4 Å². The van der Waals surface area contributed by atoms with Crippen molar-refractivity contribution in [2.75, 3.05) is 0 Å². The Labute approximate surface area is 298 Å². The summed E-state index contributed by atoms with van der Waals surface area (Å²) < 4.78 is 56.5. The second-order valence-electron chi connectivity index (χ2n) is 14.0. The zero-order valence-electron chi connectivity index (χ0n) is 29.6. The normalized spacial score (nSPS) is 18.1. The highest BCUT2D eigenvalue weighted by Crippen LogP contribution is 2.55. The topological polar surface area (TPSA) is 68.4 Å². The third-order valence-corrected chi connectivity index (χ3v) is 11.0. The number of nitrogens with zero attached hydrogens (tertiary/aromatic N) is 7. The standard InChI is InChI=1S/C41H39F3N7O/c1-5-8-12-25-13-11-15-32-33(25)27-17-16-26-34(36(27)52-32)30-19-18-29-37(46-21-20-45-29)51(30)35(26)28-24-40(28,7-3)49-23-10-9-14-31(49)38-48(4)39(41(42,43)44)47-50(38)22-6-2/h9-11,13-21,23H,5-8,12,22,24H2,1-4H3/q+3. The van der Waals surface area contributed by atoms with Crippen LogP contribution in [0.15, 0.2) is 89.2 Å². The van der Waals surface area contributed by atoms with E-state index in [4.69, 9.17) is 9.40 Å². The molecule has 0 radical (unpaired) electrons. The van der Waals surface area contributed by atoms with Gasteiger partial charge < -0.3 is 4.42 Å². The number of hydrogen-bond acceptors (Lipinski definition) is 4. The van der Waals surface area contributed by atoms with Crippen molar-refractivity contribution >= 4 is 38.8 Å². The van der Waals surface area contributed by atoms with E-state index in [1.54, 1.807) is 12.4 Å². The zero-order valence-corrected chi connectivity index (χ0v) is 29.6. The summed E-state index contributed by atoms with van der Waals surface area (Å²) in [6.07, 6.45) is 6.09. The molecule has 2 aliphatic rings. The molecule has 0 spiro atoms. The average molecular weight is 703 g/mol. The van der Waals surface area contributed by atoms with Gasteiger partial charge in [0, 0.05) is 41.3 Å². The van der Waals surface area contributed by atoms with Gasteiger partial charge in [-0.2, -0.15) is 22.3 Å². The second-order valence-corrected chi connectivity index (χ2v) is 14.0. The van der Waals surface area contributed by atoms with Crippen LogP contribution in [0.5, 0.6) is 0 Å². The van der Waals surface area contributed by atoms with Gasteiger partial charge in [-0.05, 0) is 66.2 Å². The van der Waals surface area contributed by atoms with Gasteiger partial charge in [0.15, 0.2) is 23.4 Å². The average Bonchev–Trinajstić information content (AvgIpc) is 3.39. The molecule has 11 heteroatoms. The Balaban J connectivity index is 1.31. The van der Waals surface area contributed by atoms with E-state index in [1.165, 1.54) is 27.4 Å². The summed E-state index contributed by atoms with van der Waals surface area (Å²) in [5, 5.41) is 6.33. The molecule has 0 amide bonds. The summed E-state index contributed by atoms with van der Waals surface area (Å²) in [6.45, 7) is 6.66. The highest BCUT2D eigenvalue weighted by molar-refractivity contribution is 6.13. The van der Waals surface area contributed by atoms with Crippen LogP contribution in [0.3, 0.4) is 0 Å². The maximum Gasteiger partial charge on any atom is 0.485 e. The molecule has 8 nitrogen and oxygen atoms in total. The van der Waals surface area contributed by atoms with E-state index in [0.29, 0.717) is 30.9 Å². The lowest BCUT2D eigenvalue weighted by molar-refractivity contribution is -0.738. The largest absolute Gasteiger partial charge is 0.485 e. The van der Waals surface area contributed by atoms with Gasteiger partial charge in [0.1, 0.15) is 29.1 Å². The minimum Gasteiger partial charge on any atom is -0.455 e. The van der Waals surface area contributed by atoms with Crippen LogP contribution in [0, 0.1) is 0 Å². The van der Waals surface area contributed by atoms with Crippen molar-refractivity contribution in [1.29, 1.82) is 0 Å². The van der Waals surface area contributed by atoms with Crippen LogP contribution in [-0.2, 0) is 31.7 Å². The first-order chi connectivity index (χ1) is 25.2. The molecule has 0 N–H and O–H groups in total. The SMILES string of the molecule is CCCCc1cccc2oc3c4c(ccc3c12)C(=C1CC1(CC)[n+]1ccccc1-c1n(CCC)nc(C(F)(F)F)[n+]1C)[n+]1c-4ccc2nccnc21. The Kier molecular flexibility index (Phi) is 7.36. The first-order valence-corrected chi connectivity index (χ1v) is 18.1. The Morgan fingerprint density at radius 2 is 1.77 bits per heavy atom. The predicted octanol–water partition coefficient (Wildman–Crippen LogP) is 8.01. The first kappa shape index (κ1) is 32.5. The molecule has 1 unspecified atom stereocenters. The maximum atomic E-state index is 14.2. The van der Waals surface area contributed by atoms with Gasteiger partial charge in [-0.3, -0.25) is 0 Å². The number of aromatic nitrogens is 7. The number of rotatable bonds is 8. The zero-order chi connectivity index (χ0) is 35.9. The van der Waals surface area contributed by atoms with Crippen LogP contribution < -0.4 is 13.7 Å². The van der Waals surface area contributed by atoms with Crippen LogP contribution in [0.25, 0.3) is 61.6 Å². The number of aryl methyl sites for hydroxylation is 2. The quantitative estimate of drug-likeness (QED) is 0.151. The molecule has 1 saturated carbocycles. The Hall–Kier alpha value is -5.45. The summed E-state index contributed by atoms with van der Waals surface area (Å²) >= 11 is 0. The number of furan rings is 1. The third-order valence-electron chi connectivity index (χ3n) is 11.0. The van der Waals surface area contributed by atoms with Crippen molar-refractivity contribution in [3.63, 3.8) is 0 Å². The summed E-state index contributed by atoms with van der Waals surface area (Å²) in [5.41, 5.74) is 9.92. The number of allylic oxidation sites excluding steroid dienone is 1. The van der Waals surface area contributed by atoms with Crippen molar-refractivity contribution in [1.82, 2.24) is 19.7 Å². The smallest absolute Gasteiger partial charge is 0.455 e. The van der Waals surface area contributed by atoms with Gasteiger partial charge >= 0.3 is 23.5 Å². The van der Waals surface area contributed by atoms with E-state index in [2.05, 4.69) is 69.5 Å². The lowest BCUT2D eigenvalue weighted by Crippen LogP contribution is -2.51. The fourth-order valence-corrected chi connectivity index (χ4v) is 8.52. The minimum atomic E-state index is -4.59. The van der Waals surface area contributed by atoms with Crippen LogP contribution >= 0.6 is 0 Å². The molecule has 0 saturated heterocycles. The van der Waals surface area contributed by atoms with E-state index in [9.17, 15) is 13.2 Å². The Morgan fingerprint density at radius 3 is 2.56 bits per heavy atom. The second kappa shape index (κ2) is 11.8. The Bertz CT molecular complexity index is 2620. The summed E-state index contributed by atoms with van der Waals surface area (Å²) in [6, 6.07) is 20.6. The molecular formula is C41H39F3N7O+3. The van der Waals surface area contributed by atoms with Gasteiger partial charge in [0.2, 0.25) is 0 Å². The van der Waals surface area contributed by atoms with Gasteiger partial charge in [-0.1, -0.05) is 39.3 Å². The van der Waals surface area contributed by atoms with Crippen LogP contribution in [0.2, 0.25) is 0 Å². The first-order valence-electron chi connectivity index (χ1n) is 18.1. The molecule has 1 aliphatic heterocycles. The molecule has 1 aliphatic carbocycles. The van der Waals surface area contributed by atoms with Gasteiger partial charge in [-0.25, -0.2) is 9.55 Å². The van der Waals surface area contributed by atoms with Crippen molar-refractivity contribution in [3.8, 4) is 22.8 Å². The molecule has 1 fully saturated rings. The lowest BCUT2D eigenvalue weighted by Gasteiger charge is -2.12. The van der Waals surface area contributed by atoms with Crippen LogP contribution in [0.4, 0.5) is 13.2 Å². The summed E-state index contributed by atoms with van der Waals surface area (Å²) in [4.78, 5) is 9.52. The molecule has 52 heavy (non-hydrogen) atoms. The van der Waals surface area contributed by atoms with Gasteiger partial charge in [-0.15, -0.1) is 4.68 Å². The number of benzene rings is 2. The molecule has 5 aromatic heterocycles. The fourth-order valence-electron chi connectivity index (χ4n) is 8.52. The number of pyridine rings is 2. The maximum absolute atomic E-state index is 14.2. The minimum absolute atomic E-state index is 0.357. The molecule has 6 heterocycles. The van der Waals surface area contributed by atoms with Crippen molar-refractivity contribution < 1.29 is 31.3 Å². The summed E-state index contributed by atoms with van der Waals surface area (Å²) in [7, 11) is 1.45. The predicted molar refractivity (Wildman–Crippen MR) is 191 cm³/mol. The molecule has 9 rings (SSSR count). The van der Waals surface area contributed by atoms with Crippen molar-refractivity contribution in [2.45, 2.75) is 77.6 Å². The lowest BCUT2D eigenvalue weighted by atomic mass is 9.97. The fraction of sp³-hybridized carbons (Fsp3) is 0.317.